The molecule has 1 aliphatic heterocycles. The molecule has 1 aliphatic rings. The second-order valence-corrected chi connectivity index (χ2v) is 9.49. The first-order valence-corrected chi connectivity index (χ1v) is 11.4. The van der Waals surface area contributed by atoms with Crippen molar-refractivity contribution >= 4 is 36.2 Å². The lowest BCUT2D eigenvalue weighted by Gasteiger charge is -2.32. The van der Waals surface area contributed by atoms with Crippen molar-refractivity contribution in [2.24, 2.45) is 0 Å². The normalized spacial score (nSPS) is 16.9. The zero-order valence-corrected chi connectivity index (χ0v) is 20.3. The number of nitrogens with one attached hydrogen (secondary N) is 2. The van der Waals surface area contributed by atoms with E-state index in [0.29, 0.717) is 16.6 Å². The lowest BCUT2D eigenvalue weighted by Crippen LogP contribution is -2.41. The number of aromatic carboxylic acids is 1. The lowest BCUT2D eigenvalue weighted by atomic mass is 9.76. The van der Waals surface area contributed by atoms with Crippen molar-refractivity contribution in [3.63, 3.8) is 0 Å². The number of para-hydroxylation sites is 1. The second-order valence-electron chi connectivity index (χ2n) is 9.49. The highest BCUT2D eigenvalue weighted by Gasteiger charge is 2.52. The molecule has 0 aliphatic carbocycles. The molecule has 1 aromatic heterocycles. The molecule has 182 valence electrons. The minimum absolute atomic E-state index is 0.0447. The number of alkyl carbamates (subject to hydrolysis) is 1. The van der Waals surface area contributed by atoms with Gasteiger partial charge < -0.3 is 29.5 Å². The van der Waals surface area contributed by atoms with Crippen LogP contribution in [0.1, 0.15) is 49.3 Å². The number of carbonyl (C=O) groups is 2. The minimum atomic E-state index is -1.09. The number of fused-ring (bicyclic) bond motifs is 1. The lowest BCUT2D eigenvalue weighted by molar-refractivity contribution is 0.00578. The van der Waals surface area contributed by atoms with Crippen LogP contribution in [0.2, 0.25) is 0 Å². The Balaban J connectivity index is 1.62. The van der Waals surface area contributed by atoms with Gasteiger partial charge in [-0.15, -0.1) is 0 Å². The maximum Gasteiger partial charge on any atom is 0.492 e. The van der Waals surface area contributed by atoms with Crippen LogP contribution >= 0.6 is 0 Å². The molecule has 2 aromatic carbocycles. The largest absolute Gasteiger partial charge is 0.492 e. The number of aromatic nitrogens is 1. The van der Waals surface area contributed by atoms with Crippen LogP contribution in [-0.2, 0) is 20.7 Å². The van der Waals surface area contributed by atoms with Gasteiger partial charge in [0.05, 0.1) is 11.2 Å². The smallest absolute Gasteiger partial charge is 0.477 e. The van der Waals surface area contributed by atoms with Crippen molar-refractivity contribution in [1.82, 2.24) is 10.3 Å². The summed E-state index contributed by atoms with van der Waals surface area (Å²) in [6, 6.07) is 16.7. The maximum absolute atomic E-state index is 12.4. The van der Waals surface area contributed by atoms with Gasteiger partial charge in [0.2, 0.25) is 0 Å². The summed E-state index contributed by atoms with van der Waals surface area (Å²) in [4.78, 5) is 27.4. The highest BCUT2D eigenvalue weighted by atomic mass is 16.7. The molecule has 0 unspecified atom stereocenters. The summed E-state index contributed by atoms with van der Waals surface area (Å²) in [6.07, 6.45) is 1.11. The first-order valence-electron chi connectivity index (χ1n) is 11.4. The van der Waals surface area contributed by atoms with Gasteiger partial charge in [0.15, 0.2) is 0 Å². The van der Waals surface area contributed by atoms with Crippen molar-refractivity contribution in [2.45, 2.75) is 45.5 Å². The first-order chi connectivity index (χ1) is 16.6. The third kappa shape index (κ3) is 5.26. The summed E-state index contributed by atoms with van der Waals surface area (Å²) < 4.78 is 17.7. The van der Waals surface area contributed by atoms with Gasteiger partial charge in [0.25, 0.3) is 0 Å². The van der Waals surface area contributed by atoms with E-state index in [4.69, 9.17) is 14.0 Å². The van der Waals surface area contributed by atoms with Gasteiger partial charge in [-0.3, -0.25) is 0 Å². The van der Waals surface area contributed by atoms with Crippen molar-refractivity contribution < 1.29 is 28.7 Å². The molecule has 4 rings (SSSR count). The molecule has 0 radical (unpaired) electrons. The van der Waals surface area contributed by atoms with Gasteiger partial charge in [-0.05, 0) is 44.8 Å². The number of hydrogen-bond acceptors (Lipinski definition) is 5. The summed E-state index contributed by atoms with van der Waals surface area (Å²) in [5.41, 5.74) is 1.44. The fourth-order valence-electron chi connectivity index (χ4n) is 3.81. The van der Waals surface area contributed by atoms with Crippen LogP contribution in [0.25, 0.3) is 17.0 Å². The van der Waals surface area contributed by atoms with Crippen LogP contribution < -0.4 is 5.32 Å². The fraction of sp³-hybridized carbons (Fsp3) is 0.308. The number of H-pyrrole nitrogens is 1. The second kappa shape index (κ2) is 9.60. The van der Waals surface area contributed by atoms with Crippen molar-refractivity contribution in [1.29, 1.82) is 0 Å². The Morgan fingerprint density at radius 3 is 2.31 bits per heavy atom. The van der Waals surface area contributed by atoms with Crippen LogP contribution in [0, 0.1) is 0 Å². The van der Waals surface area contributed by atoms with Crippen LogP contribution in [0.4, 0.5) is 4.79 Å². The van der Waals surface area contributed by atoms with E-state index in [-0.39, 0.29) is 18.8 Å². The highest BCUT2D eigenvalue weighted by Crippen LogP contribution is 2.39. The molecular formula is C26H29BN2O6. The topological polar surface area (TPSA) is 110 Å². The average molecular weight is 476 g/mol. The van der Waals surface area contributed by atoms with Crippen LogP contribution in [-0.4, -0.2) is 47.0 Å². The number of hydrogen-bond donors (Lipinski definition) is 3. The number of rotatable bonds is 7. The Morgan fingerprint density at radius 1 is 1.03 bits per heavy atom. The van der Waals surface area contributed by atoms with Crippen molar-refractivity contribution in [3.8, 4) is 0 Å². The maximum atomic E-state index is 12.4. The molecule has 1 saturated heterocycles. The first kappa shape index (κ1) is 24.6. The molecule has 3 aromatic rings. The molecule has 8 nitrogen and oxygen atoms in total. The molecule has 1 fully saturated rings. The molecule has 1 amide bonds. The predicted octanol–water partition coefficient (Wildman–Crippen LogP) is 4.81. The Bertz CT molecular complexity index is 1250. The summed E-state index contributed by atoms with van der Waals surface area (Å²) in [7, 11) is -0.787. The molecule has 0 atom stereocenters. The van der Waals surface area contributed by atoms with Crippen molar-refractivity contribution in [2.75, 3.05) is 6.54 Å². The fourth-order valence-corrected chi connectivity index (χ4v) is 3.81. The number of aromatic amines is 1. The molecule has 0 spiro atoms. The van der Waals surface area contributed by atoms with Crippen LogP contribution in [0.5, 0.6) is 0 Å². The average Bonchev–Trinajstić information content (AvgIpc) is 3.29. The van der Waals surface area contributed by atoms with E-state index >= 15 is 0 Å². The van der Waals surface area contributed by atoms with Crippen molar-refractivity contribution in [3.05, 3.63) is 76.9 Å². The Hall–Kier alpha value is -3.56. The van der Waals surface area contributed by atoms with Gasteiger partial charge in [-0.25, -0.2) is 9.59 Å². The van der Waals surface area contributed by atoms with E-state index in [1.54, 1.807) is 6.08 Å². The summed E-state index contributed by atoms with van der Waals surface area (Å²) in [6.45, 7) is 7.90. The zero-order chi connectivity index (χ0) is 25.2. The number of carboxylic acid groups (broad SMARTS) is 1. The van der Waals surface area contributed by atoms with E-state index in [1.165, 1.54) is 0 Å². The van der Waals surface area contributed by atoms with E-state index in [9.17, 15) is 14.7 Å². The minimum Gasteiger partial charge on any atom is -0.477 e. The summed E-state index contributed by atoms with van der Waals surface area (Å²) in [5, 5.41) is 13.3. The third-order valence-electron chi connectivity index (χ3n) is 6.50. The Morgan fingerprint density at radius 2 is 1.66 bits per heavy atom. The predicted molar refractivity (Wildman–Crippen MR) is 134 cm³/mol. The number of benzene rings is 2. The van der Waals surface area contributed by atoms with E-state index in [2.05, 4.69) is 10.3 Å². The molecule has 2 heterocycles. The molecule has 0 saturated carbocycles. The monoisotopic (exact) mass is 476 g/mol. The summed E-state index contributed by atoms with van der Waals surface area (Å²) in [5.74, 6) is -1.09. The highest BCUT2D eigenvalue weighted by molar-refractivity contribution is 6.56. The number of amides is 1. The Labute approximate surface area is 204 Å². The van der Waals surface area contributed by atoms with Crippen LogP contribution in [0.3, 0.4) is 0 Å². The number of carboxylic acids is 1. The molecular weight excluding hydrogens is 447 g/mol. The van der Waals surface area contributed by atoms with E-state index in [0.717, 1.165) is 10.9 Å². The van der Waals surface area contributed by atoms with Crippen LogP contribution in [0.15, 0.2) is 60.1 Å². The standard InChI is InChI=1S/C26H29BN2O6/c1-25(2)26(3,4)35-27(34-25)18(15-28-24(32)33-16-17-10-6-5-7-11-17)14-20-19-12-8-9-13-21(19)29-22(20)23(30)31/h5-14,29H,15-16H2,1-4H3,(H,28,32)(H,30,31). The molecule has 3 N–H and O–H groups in total. The quantitative estimate of drug-likeness (QED) is 0.423. The molecule has 35 heavy (non-hydrogen) atoms. The van der Waals surface area contributed by atoms with E-state index < -0.39 is 30.4 Å². The van der Waals surface area contributed by atoms with Gasteiger partial charge in [-0.1, -0.05) is 54.6 Å². The number of carbonyl (C=O) groups excluding carboxylic acids is 1. The summed E-state index contributed by atoms with van der Waals surface area (Å²) >= 11 is 0. The van der Waals surface area contributed by atoms with E-state index in [1.807, 2.05) is 82.3 Å². The third-order valence-corrected chi connectivity index (χ3v) is 6.50. The molecule has 9 heteroatoms. The van der Waals surface area contributed by atoms with Gasteiger partial charge in [0, 0.05) is 23.0 Å². The SMILES string of the molecule is CC1(C)OB(C(=Cc2c(C(=O)O)[nH]c3ccccc23)CNC(=O)OCc2ccccc2)OC1(C)C. The van der Waals surface area contributed by atoms with Gasteiger partial charge >= 0.3 is 19.2 Å². The number of ether oxygens (including phenoxy) is 1. The molecule has 0 bridgehead atoms. The van der Waals surface area contributed by atoms with Gasteiger partial charge in [0.1, 0.15) is 12.3 Å². The zero-order valence-electron chi connectivity index (χ0n) is 20.3. The van der Waals surface area contributed by atoms with Gasteiger partial charge in [-0.2, -0.15) is 0 Å². The Kier molecular flexibility index (Phi) is 6.74.